The Labute approximate surface area is 111 Å². The highest BCUT2D eigenvalue weighted by molar-refractivity contribution is 7.15. The van der Waals surface area contributed by atoms with Gasteiger partial charge in [-0.15, -0.1) is 16.4 Å². The summed E-state index contributed by atoms with van der Waals surface area (Å²) in [6.45, 7) is 0. The van der Waals surface area contributed by atoms with Crippen LogP contribution in [0.3, 0.4) is 0 Å². The van der Waals surface area contributed by atoms with Crippen LogP contribution in [0.2, 0.25) is 10.0 Å². The van der Waals surface area contributed by atoms with E-state index >= 15 is 0 Å². The summed E-state index contributed by atoms with van der Waals surface area (Å²) in [6.07, 6.45) is 0. The van der Waals surface area contributed by atoms with Crippen LogP contribution in [0.1, 0.15) is 0 Å². The zero-order valence-corrected chi connectivity index (χ0v) is 10.7. The van der Waals surface area contributed by atoms with Crippen molar-refractivity contribution >= 4 is 45.4 Å². The standard InChI is InChI=1S/C10H6Cl2N4S/c11-5-1-2-6(7(12)3-5)8-4-17-10-14-9(13)15-16(8)10/h1-4H,(H2,13,15). The minimum Gasteiger partial charge on any atom is -0.366 e. The maximum absolute atomic E-state index is 6.16. The van der Waals surface area contributed by atoms with Crippen LogP contribution in [0, 0.1) is 0 Å². The van der Waals surface area contributed by atoms with Crippen molar-refractivity contribution in [2.75, 3.05) is 5.73 Å². The van der Waals surface area contributed by atoms with Crippen LogP contribution >= 0.6 is 34.5 Å². The Hall–Kier alpha value is -1.30. The molecule has 0 atom stereocenters. The van der Waals surface area contributed by atoms with Crippen molar-refractivity contribution in [3.8, 4) is 11.3 Å². The van der Waals surface area contributed by atoms with E-state index in [2.05, 4.69) is 10.1 Å². The van der Waals surface area contributed by atoms with E-state index in [-0.39, 0.29) is 5.95 Å². The van der Waals surface area contributed by atoms with E-state index in [0.29, 0.717) is 10.0 Å². The van der Waals surface area contributed by atoms with Crippen LogP contribution < -0.4 is 5.73 Å². The second kappa shape index (κ2) is 3.87. The zero-order valence-electron chi connectivity index (χ0n) is 8.39. The lowest BCUT2D eigenvalue weighted by atomic mass is 10.2. The fraction of sp³-hybridized carbons (Fsp3) is 0. The van der Waals surface area contributed by atoms with Gasteiger partial charge in [-0.25, -0.2) is 4.52 Å². The molecular formula is C10H6Cl2N4S. The van der Waals surface area contributed by atoms with Crippen molar-refractivity contribution in [1.29, 1.82) is 0 Å². The summed E-state index contributed by atoms with van der Waals surface area (Å²) in [6, 6.07) is 5.33. The number of nitrogen functional groups attached to an aromatic ring is 1. The number of nitrogens with two attached hydrogens (primary N) is 1. The summed E-state index contributed by atoms with van der Waals surface area (Å²) >= 11 is 13.5. The quantitative estimate of drug-likeness (QED) is 0.746. The average molecular weight is 285 g/mol. The van der Waals surface area contributed by atoms with E-state index in [9.17, 15) is 0 Å². The van der Waals surface area contributed by atoms with Crippen molar-refractivity contribution in [2.45, 2.75) is 0 Å². The number of fused-ring (bicyclic) bond motifs is 1. The van der Waals surface area contributed by atoms with E-state index in [0.717, 1.165) is 16.2 Å². The molecule has 3 rings (SSSR count). The Bertz CT molecular complexity index is 703. The number of aromatic nitrogens is 3. The molecule has 0 saturated carbocycles. The molecule has 2 aromatic heterocycles. The molecule has 4 nitrogen and oxygen atoms in total. The maximum atomic E-state index is 6.16. The number of rotatable bonds is 1. The molecule has 0 aliphatic carbocycles. The van der Waals surface area contributed by atoms with Gasteiger partial charge < -0.3 is 5.73 Å². The van der Waals surface area contributed by atoms with Gasteiger partial charge in [0, 0.05) is 16.0 Å². The van der Waals surface area contributed by atoms with E-state index < -0.39 is 0 Å². The molecule has 1 aromatic carbocycles. The first kappa shape index (κ1) is 10.8. The molecule has 0 radical (unpaired) electrons. The van der Waals surface area contributed by atoms with Gasteiger partial charge in [0.2, 0.25) is 10.9 Å². The second-order valence-corrected chi connectivity index (χ2v) is 5.09. The summed E-state index contributed by atoms with van der Waals surface area (Å²) < 4.78 is 1.68. The summed E-state index contributed by atoms with van der Waals surface area (Å²) in [4.78, 5) is 4.82. The van der Waals surface area contributed by atoms with Crippen molar-refractivity contribution in [3.05, 3.63) is 33.6 Å². The minimum atomic E-state index is 0.253. The predicted octanol–water partition coefficient (Wildman–Crippen LogP) is 3.35. The van der Waals surface area contributed by atoms with Crippen molar-refractivity contribution in [1.82, 2.24) is 14.6 Å². The summed E-state index contributed by atoms with van der Waals surface area (Å²) in [5, 5.41) is 7.23. The first-order valence-corrected chi connectivity index (χ1v) is 6.34. The predicted molar refractivity (Wildman–Crippen MR) is 70.7 cm³/mol. The van der Waals surface area contributed by atoms with Gasteiger partial charge in [-0.3, -0.25) is 0 Å². The van der Waals surface area contributed by atoms with E-state index in [1.54, 1.807) is 16.6 Å². The van der Waals surface area contributed by atoms with Crippen LogP contribution in [0.4, 0.5) is 5.95 Å². The van der Waals surface area contributed by atoms with Gasteiger partial charge >= 0.3 is 0 Å². The number of nitrogens with zero attached hydrogens (tertiary/aromatic N) is 3. The number of hydrogen-bond acceptors (Lipinski definition) is 4. The highest BCUT2D eigenvalue weighted by Gasteiger charge is 2.12. The molecular weight excluding hydrogens is 279 g/mol. The Balaban J connectivity index is 2.26. The van der Waals surface area contributed by atoms with Crippen molar-refractivity contribution in [3.63, 3.8) is 0 Å². The normalized spacial score (nSPS) is 11.2. The lowest BCUT2D eigenvalue weighted by molar-refractivity contribution is 0.992. The molecule has 0 aliphatic rings. The largest absolute Gasteiger partial charge is 0.366 e. The van der Waals surface area contributed by atoms with Crippen LogP contribution in [0.5, 0.6) is 0 Å². The highest BCUT2D eigenvalue weighted by Crippen LogP contribution is 2.32. The Morgan fingerprint density at radius 2 is 2.12 bits per heavy atom. The van der Waals surface area contributed by atoms with E-state index in [1.165, 1.54) is 11.3 Å². The van der Waals surface area contributed by atoms with Crippen LogP contribution in [0.15, 0.2) is 23.6 Å². The van der Waals surface area contributed by atoms with Crippen LogP contribution in [-0.2, 0) is 0 Å². The molecule has 3 aromatic rings. The van der Waals surface area contributed by atoms with E-state index in [4.69, 9.17) is 28.9 Å². The summed E-state index contributed by atoms with van der Waals surface area (Å²) in [5.74, 6) is 0.253. The topological polar surface area (TPSA) is 56.2 Å². The zero-order chi connectivity index (χ0) is 12.0. The number of benzene rings is 1. The molecule has 86 valence electrons. The number of halogens is 2. The van der Waals surface area contributed by atoms with Gasteiger partial charge in [-0.2, -0.15) is 4.98 Å². The van der Waals surface area contributed by atoms with Gasteiger partial charge in [0.15, 0.2) is 0 Å². The summed E-state index contributed by atoms with van der Waals surface area (Å²) in [5.41, 5.74) is 7.26. The fourth-order valence-electron chi connectivity index (χ4n) is 1.58. The molecule has 0 bridgehead atoms. The molecule has 2 heterocycles. The van der Waals surface area contributed by atoms with Crippen LogP contribution in [0.25, 0.3) is 16.2 Å². The number of anilines is 1. The van der Waals surface area contributed by atoms with Gasteiger partial charge in [0.25, 0.3) is 0 Å². The number of hydrogen-bond donors (Lipinski definition) is 1. The van der Waals surface area contributed by atoms with Gasteiger partial charge in [-0.1, -0.05) is 23.2 Å². The highest BCUT2D eigenvalue weighted by atomic mass is 35.5. The van der Waals surface area contributed by atoms with Crippen LogP contribution in [-0.4, -0.2) is 14.6 Å². The lowest BCUT2D eigenvalue weighted by Gasteiger charge is -2.02. The average Bonchev–Trinajstić information content (AvgIpc) is 2.78. The first-order chi connectivity index (χ1) is 8.15. The third-order valence-electron chi connectivity index (χ3n) is 2.31. The third-order valence-corrected chi connectivity index (χ3v) is 3.67. The molecule has 2 N–H and O–H groups in total. The van der Waals surface area contributed by atoms with Gasteiger partial charge in [0.05, 0.1) is 10.7 Å². The minimum absolute atomic E-state index is 0.253. The first-order valence-electron chi connectivity index (χ1n) is 4.70. The molecule has 0 aliphatic heterocycles. The second-order valence-electron chi connectivity index (χ2n) is 3.41. The van der Waals surface area contributed by atoms with Crippen molar-refractivity contribution in [2.24, 2.45) is 0 Å². The fourth-order valence-corrected chi connectivity index (χ4v) is 2.91. The SMILES string of the molecule is Nc1nc2scc(-c3ccc(Cl)cc3Cl)n2n1. The monoisotopic (exact) mass is 284 g/mol. The Kier molecular flexibility index (Phi) is 2.47. The third kappa shape index (κ3) is 1.76. The van der Waals surface area contributed by atoms with Gasteiger partial charge in [0.1, 0.15) is 0 Å². The maximum Gasteiger partial charge on any atom is 0.241 e. The molecule has 0 amide bonds. The number of thiazole rings is 1. The molecule has 0 fully saturated rings. The Morgan fingerprint density at radius 3 is 2.88 bits per heavy atom. The summed E-state index contributed by atoms with van der Waals surface area (Å²) in [7, 11) is 0. The molecule has 7 heteroatoms. The lowest BCUT2D eigenvalue weighted by Crippen LogP contribution is -1.91. The molecule has 0 unspecified atom stereocenters. The molecule has 0 spiro atoms. The molecule has 17 heavy (non-hydrogen) atoms. The van der Waals surface area contributed by atoms with Crippen molar-refractivity contribution < 1.29 is 0 Å². The molecule has 0 saturated heterocycles. The van der Waals surface area contributed by atoms with Gasteiger partial charge in [-0.05, 0) is 18.2 Å². The van der Waals surface area contributed by atoms with E-state index in [1.807, 2.05) is 11.4 Å². The Morgan fingerprint density at radius 1 is 1.29 bits per heavy atom. The smallest absolute Gasteiger partial charge is 0.241 e.